The van der Waals surface area contributed by atoms with Crippen molar-refractivity contribution in [2.75, 3.05) is 11.9 Å². The second-order valence-corrected chi connectivity index (χ2v) is 6.87. The molecule has 6 nitrogen and oxygen atoms in total. The number of amides is 1. The Kier molecular flexibility index (Phi) is 4.06. The molecule has 0 fully saturated rings. The Morgan fingerprint density at radius 3 is 2.52 bits per heavy atom. The van der Waals surface area contributed by atoms with Crippen LogP contribution in [-0.4, -0.2) is 21.1 Å². The number of rotatable bonds is 4. The van der Waals surface area contributed by atoms with Crippen molar-refractivity contribution >= 4 is 21.8 Å². The van der Waals surface area contributed by atoms with Crippen LogP contribution in [0.1, 0.15) is 12.5 Å². The Bertz CT molecular complexity index is 845. The molecule has 1 amide bonds. The van der Waals surface area contributed by atoms with E-state index in [1.54, 1.807) is 31.2 Å². The fourth-order valence-electron chi connectivity index (χ4n) is 2.40. The SMILES string of the molecule is CCNS(=O)(=O)c1ccc(-c2ccc3c(c2)COC(=O)N3)cc1. The molecule has 2 aromatic rings. The largest absolute Gasteiger partial charge is 0.444 e. The van der Waals surface area contributed by atoms with Crippen molar-refractivity contribution in [2.45, 2.75) is 18.4 Å². The Morgan fingerprint density at radius 2 is 1.83 bits per heavy atom. The quantitative estimate of drug-likeness (QED) is 0.901. The molecule has 0 saturated heterocycles. The van der Waals surface area contributed by atoms with Crippen molar-refractivity contribution in [2.24, 2.45) is 0 Å². The number of benzene rings is 2. The molecule has 0 saturated carbocycles. The van der Waals surface area contributed by atoms with Gasteiger partial charge in [0.05, 0.1) is 10.6 Å². The van der Waals surface area contributed by atoms with Gasteiger partial charge in [0.15, 0.2) is 0 Å². The smallest absolute Gasteiger partial charge is 0.411 e. The first-order chi connectivity index (χ1) is 11.0. The van der Waals surface area contributed by atoms with Crippen LogP contribution in [0.2, 0.25) is 0 Å². The van der Waals surface area contributed by atoms with Crippen LogP contribution in [0.5, 0.6) is 0 Å². The molecule has 0 aliphatic carbocycles. The number of anilines is 1. The van der Waals surface area contributed by atoms with Gasteiger partial charge in [0, 0.05) is 12.1 Å². The molecule has 23 heavy (non-hydrogen) atoms. The maximum Gasteiger partial charge on any atom is 0.411 e. The molecule has 1 aliphatic heterocycles. The molecule has 0 unspecified atom stereocenters. The molecule has 2 aromatic carbocycles. The van der Waals surface area contributed by atoms with Crippen LogP contribution in [0.4, 0.5) is 10.5 Å². The molecule has 120 valence electrons. The lowest BCUT2D eigenvalue weighted by molar-refractivity contribution is 0.151. The monoisotopic (exact) mass is 332 g/mol. The van der Waals surface area contributed by atoms with Gasteiger partial charge in [0.25, 0.3) is 0 Å². The summed E-state index contributed by atoms with van der Waals surface area (Å²) < 4.78 is 31.3. The first-order valence-corrected chi connectivity index (χ1v) is 8.65. The molecule has 0 spiro atoms. The molecule has 2 N–H and O–H groups in total. The second kappa shape index (κ2) is 6.02. The van der Waals surface area contributed by atoms with Crippen LogP contribution in [0.15, 0.2) is 47.4 Å². The number of fused-ring (bicyclic) bond motifs is 1. The number of nitrogens with one attached hydrogen (secondary N) is 2. The molecule has 0 radical (unpaired) electrons. The number of hydrogen-bond acceptors (Lipinski definition) is 4. The lowest BCUT2D eigenvalue weighted by Crippen LogP contribution is -2.22. The normalized spacial score (nSPS) is 13.9. The van der Waals surface area contributed by atoms with Crippen LogP contribution < -0.4 is 10.0 Å². The van der Waals surface area contributed by atoms with Crippen LogP contribution in [0.3, 0.4) is 0 Å². The number of ether oxygens (including phenoxy) is 1. The van der Waals surface area contributed by atoms with E-state index in [0.29, 0.717) is 6.54 Å². The summed E-state index contributed by atoms with van der Waals surface area (Å²) >= 11 is 0. The lowest BCUT2D eigenvalue weighted by atomic mass is 10.0. The molecule has 0 atom stereocenters. The standard InChI is InChI=1S/C16H16N2O4S/c1-2-17-23(20,21)14-6-3-11(4-7-14)12-5-8-15-13(9-12)10-22-16(19)18-15/h3-9,17H,2,10H2,1H3,(H,18,19). The van der Waals surface area contributed by atoms with Gasteiger partial charge in [-0.3, -0.25) is 5.32 Å². The minimum Gasteiger partial charge on any atom is -0.444 e. The molecular formula is C16H16N2O4S. The zero-order valence-corrected chi connectivity index (χ0v) is 13.3. The van der Waals surface area contributed by atoms with E-state index < -0.39 is 16.1 Å². The Labute approximate surface area is 134 Å². The highest BCUT2D eigenvalue weighted by Crippen LogP contribution is 2.28. The minimum absolute atomic E-state index is 0.224. The van der Waals surface area contributed by atoms with E-state index in [1.165, 1.54) is 0 Å². The summed E-state index contributed by atoms with van der Waals surface area (Å²) in [5.41, 5.74) is 3.43. The van der Waals surface area contributed by atoms with Crippen LogP contribution >= 0.6 is 0 Å². The van der Waals surface area contributed by atoms with Crippen molar-refractivity contribution in [1.82, 2.24) is 4.72 Å². The van der Waals surface area contributed by atoms with Gasteiger partial charge < -0.3 is 4.74 Å². The summed E-state index contributed by atoms with van der Waals surface area (Å²) in [6.07, 6.45) is -0.455. The van der Waals surface area contributed by atoms with Crippen molar-refractivity contribution in [3.05, 3.63) is 48.0 Å². The van der Waals surface area contributed by atoms with Crippen LogP contribution in [-0.2, 0) is 21.4 Å². The predicted molar refractivity (Wildman–Crippen MR) is 86.5 cm³/mol. The maximum atomic E-state index is 11.9. The third kappa shape index (κ3) is 3.20. The highest BCUT2D eigenvalue weighted by molar-refractivity contribution is 7.89. The van der Waals surface area contributed by atoms with Crippen molar-refractivity contribution in [3.63, 3.8) is 0 Å². The molecule has 0 bridgehead atoms. The molecular weight excluding hydrogens is 316 g/mol. The van der Waals surface area contributed by atoms with E-state index in [-0.39, 0.29) is 11.5 Å². The molecule has 1 aliphatic rings. The highest BCUT2D eigenvalue weighted by Gasteiger charge is 2.16. The van der Waals surface area contributed by atoms with E-state index in [4.69, 9.17) is 4.74 Å². The Morgan fingerprint density at radius 1 is 1.13 bits per heavy atom. The molecule has 3 rings (SSSR count). The van der Waals surface area contributed by atoms with Crippen molar-refractivity contribution in [1.29, 1.82) is 0 Å². The fraction of sp³-hybridized carbons (Fsp3) is 0.188. The fourth-order valence-corrected chi connectivity index (χ4v) is 3.44. The zero-order valence-electron chi connectivity index (χ0n) is 12.5. The van der Waals surface area contributed by atoms with E-state index >= 15 is 0 Å². The Hall–Kier alpha value is -2.38. The molecule has 0 aromatic heterocycles. The lowest BCUT2D eigenvalue weighted by Gasteiger charge is -2.18. The number of hydrogen-bond donors (Lipinski definition) is 2. The van der Waals surface area contributed by atoms with Crippen molar-refractivity contribution < 1.29 is 17.9 Å². The van der Waals surface area contributed by atoms with Gasteiger partial charge in [-0.2, -0.15) is 0 Å². The summed E-state index contributed by atoms with van der Waals surface area (Å²) in [4.78, 5) is 11.4. The highest BCUT2D eigenvalue weighted by atomic mass is 32.2. The average molecular weight is 332 g/mol. The van der Waals surface area contributed by atoms with Gasteiger partial charge in [-0.15, -0.1) is 0 Å². The average Bonchev–Trinajstić information content (AvgIpc) is 2.54. The van der Waals surface area contributed by atoms with E-state index in [2.05, 4.69) is 10.0 Å². The minimum atomic E-state index is -3.45. The second-order valence-electron chi connectivity index (χ2n) is 5.10. The van der Waals surface area contributed by atoms with Gasteiger partial charge in [-0.05, 0) is 35.4 Å². The number of carbonyl (C=O) groups is 1. The topological polar surface area (TPSA) is 84.5 Å². The van der Waals surface area contributed by atoms with Gasteiger partial charge in [0.2, 0.25) is 10.0 Å². The third-order valence-electron chi connectivity index (χ3n) is 3.53. The van der Waals surface area contributed by atoms with E-state index in [1.807, 2.05) is 18.2 Å². The van der Waals surface area contributed by atoms with E-state index in [0.717, 1.165) is 22.4 Å². The molecule has 7 heteroatoms. The number of cyclic esters (lactones) is 1. The van der Waals surface area contributed by atoms with E-state index in [9.17, 15) is 13.2 Å². The van der Waals surface area contributed by atoms with Gasteiger partial charge in [-0.1, -0.05) is 25.1 Å². The summed E-state index contributed by atoms with van der Waals surface area (Å²) in [5.74, 6) is 0. The van der Waals surface area contributed by atoms with Gasteiger partial charge >= 0.3 is 6.09 Å². The zero-order chi connectivity index (χ0) is 16.4. The van der Waals surface area contributed by atoms with Gasteiger partial charge in [-0.25, -0.2) is 17.9 Å². The molecule has 1 heterocycles. The first-order valence-electron chi connectivity index (χ1n) is 7.16. The summed E-state index contributed by atoms with van der Waals surface area (Å²) in [6.45, 7) is 2.31. The van der Waals surface area contributed by atoms with Crippen LogP contribution in [0.25, 0.3) is 11.1 Å². The van der Waals surface area contributed by atoms with Crippen LogP contribution in [0, 0.1) is 0 Å². The first kappa shape index (κ1) is 15.5. The van der Waals surface area contributed by atoms with Crippen molar-refractivity contribution in [3.8, 4) is 11.1 Å². The van der Waals surface area contributed by atoms with Gasteiger partial charge in [0.1, 0.15) is 6.61 Å². The Balaban J connectivity index is 1.90. The third-order valence-corrected chi connectivity index (χ3v) is 5.09. The summed E-state index contributed by atoms with van der Waals surface area (Å²) in [6, 6.07) is 12.3. The summed E-state index contributed by atoms with van der Waals surface area (Å²) in [7, 11) is -3.45. The number of sulfonamides is 1. The number of carbonyl (C=O) groups excluding carboxylic acids is 1. The summed E-state index contributed by atoms with van der Waals surface area (Å²) in [5, 5.41) is 2.63. The predicted octanol–water partition coefficient (Wildman–Crippen LogP) is 2.71. The maximum absolute atomic E-state index is 11.9.